The molecule has 36 heavy (non-hydrogen) atoms. The smallest absolute Gasteiger partial charge is 0.120 e. The highest BCUT2D eigenvalue weighted by molar-refractivity contribution is 6.22. The van der Waals surface area contributed by atoms with E-state index in [1.165, 1.54) is 0 Å². The second-order valence-electron chi connectivity index (χ2n) is 8.83. The maximum atomic E-state index is 5.59. The van der Waals surface area contributed by atoms with Crippen molar-refractivity contribution < 1.29 is 9.47 Å². The van der Waals surface area contributed by atoms with Gasteiger partial charge in [-0.2, -0.15) is 0 Å². The lowest BCUT2D eigenvalue weighted by molar-refractivity contribution is 0.414. The number of hydrogen-bond acceptors (Lipinski definition) is 3. The van der Waals surface area contributed by atoms with E-state index < -0.39 is 0 Å². The molecule has 0 radical (unpaired) electrons. The van der Waals surface area contributed by atoms with Gasteiger partial charge in [0, 0.05) is 45.9 Å². The van der Waals surface area contributed by atoms with Gasteiger partial charge in [0.05, 0.1) is 41.8 Å². The molecule has 0 aliphatic rings. The normalized spacial score (nSPS) is 11.6. The lowest BCUT2D eigenvalue weighted by Gasteiger charge is -2.13. The van der Waals surface area contributed by atoms with Gasteiger partial charge in [-0.1, -0.05) is 48.5 Å². The fraction of sp³-hybridized carbons (Fsp3) is 0.0645. The lowest BCUT2D eigenvalue weighted by Crippen LogP contribution is -1.99. The van der Waals surface area contributed by atoms with Crippen LogP contribution < -0.4 is 9.47 Å². The first-order valence-corrected chi connectivity index (χ1v) is 11.9. The molecule has 3 aromatic heterocycles. The molecule has 0 unspecified atom stereocenters. The average Bonchev–Trinajstić information content (AvgIpc) is 3.46. The molecule has 0 aliphatic heterocycles. The molecule has 0 aliphatic carbocycles. The minimum atomic E-state index is 0.812. The standard InChI is InChI=1S/C31H23N3O2/c1-35-22-11-7-9-20(17-22)33-27-15-5-3-13-24(27)26-19-32-29-25-14-4-6-16-28(25)34(31(29)30(26)33)21-10-8-12-23(18-21)36-2/h3-19H,1-2H3. The molecule has 0 N–H and O–H groups in total. The number of para-hydroxylation sites is 2. The van der Waals surface area contributed by atoms with Crippen molar-refractivity contribution in [1.82, 2.24) is 14.1 Å². The van der Waals surface area contributed by atoms with Crippen LogP contribution in [0.15, 0.2) is 103 Å². The molecule has 7 aromatic rings. The molecular formula is C31H23N3O2. The zero-order valence-electron chi connectivity index (χ0n) is 20.0. The number of rotatable bonds is 4. The van der Waals surface area contributed by atoms with Crippen molar-refractivity contribution in [1.29, 1.82) is 0 Å². The molecule has 3 heterocycles. The van der Waals surface area contributed by atoms with Gasteiger partial charge in [0.15, 0.2) is 0 Å². The second-order valence-corrected chi connectivity index (χ2v) is 8.83. The van der Waals surface area contributed by atoms with Crippen LogP contribution in [0.5, 0.6) is 11.5 Å². The summed E-state index contributed by atoms with van der Waals surface area (Å²) in [6, 6.07) is 33.3. The van der Waals surface area contributed by atoms with Gasteiger partial charge in [-0.15, -0.1) is 0 Å². The highest BCUT2D eigenvalue weighted by Crippen LogP contribution is 2.41. The van der Waals surface area contributed by atoms with Crippen molar-refractivity contribution in [3.05, 3.63) is 103 Å². The number of pyridine rings is 1. The molecular weight excluding hydrogens is 446 g/mol. The molecule has 0 saturated heterocycles. The zero-order valence-corrected chi connectivity index (χ0v) is 20.0. The van der Waals surface area contributed by atoms with Crippen LogP contribution in [-0.4, -0.2) is 28.3 Å². The summed E-state index contributed by atoms with van der Waals surface area (Å²) < 4.78 is 15.8. The quantitative estimate of drug-likeness (QED) is 0.272. The van der Waals surface area contributed by atoms with Crippen LogP contribution in [0.2, 0.25) is 0 Å². The number of methoxy groups -OCH3 is 2. The Balaban J connectivity index is 1.74. The van der Waals surface area contributed by atoms with Gasteiger partial charge in [0.1, 0.15) is 11.5 Å². The first-order chi connectivity index (χ1) is 17.8. The highest BCUT2D eigenvalue weighted by Gasteiger charge is 2.22. The molecule has 0 fully saturated rings. The van der Waals surface area contributed by atoms with Crippen LogP contribution in [0, 0.1) is 0 Å². The maximum Gasteiger partial charge on any atom is 0.120 e. The van der Waals surface area contributed by atoms with E-state index in [2.05, 4.69) is 81.9 Å². The number of ether oxygens (including phenoxy) is 2. The molecule has 174 valence electrons. The molecule has 5 nitrogen and oxygen atoms in total. The van der Waals surface area contributed by atoms with E-state index >= 15 is 0 Å². The number of hydrogen-bond donors (Lipinski definition) is 0. The van der Waals surface area contributed by atoms with Gasteiger partial charge in [-0.25, -0.2) is 0 Å². The van der Waals surface area contributed by atoms with Crippen molar-refractivity contribution in [2.75, 3.05) is 14.2 Å². The summed E-state index contributed by atoms with van der Waals surface area (Å²) >= 11 is 0. The van der Waals surface area contributed by atoms with Crippen LogP contribution >= 0.6 is 0 Å². The largest absolute Gasteiger partial charge is 0.497 e. The van der Waals surface area contributed by atoms with Crippen LogP contribution in [0.4, 0.5) is 0 Å². The fourth-order valence-corrected chi connectivity index (χ4v) is 5.37. The van der Waals surface area contributed by atoms with E-state index in [4.69, 9.17) is 14.5 Å². The summed E-state index contributed by atoms with van der Waals surface area (Å²) in [5.41, 5.74) is 7.41. The Bertz CT molecular complexity index is 1790. The molecule has 0 saturated carbocycles. The van der Waals surface area contributed by atoms with Crippen molar-refractivity contribution in [3.63, 3.8) is 0 Å². The Morgan fingerprint density at radius 3 is 1.75 bits per heavy atom. The van der Waals surface area contributed by atoms with Crippen LogP contribution in [-0.2, 0) is 0 Å². The molecule has 0 amide bonds. The van der Waals surface area contributed by atoms with E-state index in [0.717, 1.165) is 66.6 Å². The van der Waals surface area contributed by atoms with Crippen molar-refractivity contribution >= 4 is 43.7 Å². The summed E-state index contributed by atoms with van der Waals surface area (Å²) in [4.78, 5) is 5.03. The van der Waals surface area contributed by atoms with Crippen molar-refractivity contribution in [3.8, 4) is 22.9 Å². The van der Waals surface area contributed by atoms with E-state index in [0.29, 0.717) is 0 Å². The predicted molar refractivity (Wildman–Crippen MR) is 146 cm³/mol. The summed E-state index contributed by atoms with van der Waals surface area (Å²) in [6.07, 6.45) is 2.01. The van der Waals surface area contributed by atoms with E-state index in [9.17, 15) is 0 Å². The molecule has 7 rings (SSSR count). The maximum absolute atomic E-state index is 5.59. The van der Waals surface area contributed by atoms with Crippen molar-refractivity contribution in [2.24, 2.45) is 0 Å². The molecule has 0 bridgehead atoms. The number of nitrogens with zero attached hydrogens (tertiary/aromatic N) is 3. The van der Waals surface area contributed by atoms with Crippen molar-refractivity contribution in [2.45, 2.75) is 0 Å². The second kappa shape index (κ2) is 7.89. The first-order valence-electron chi connectivity index (χ1n) is 11.9. The number of fused-ring (bicyclic) bond motifs is 7. The average molecular weight is 470 g/mol. The molecule has 0 spiro atoms. The van der Waals surface area contributed by atoms with Gasteiger partial charge >= 0.3 is 0 Å². The van der Waals surface area contributed by atoms with Gasteiger partial charge in [-0.05, 0) is 36.4 Å². The molecule has 0 atom stereocenters. The topological polar surface area (TPSA) is 41.2 Å². The third-order valence-corrected chi connectivity index (χ3v) is 6.93. The SMILES string of the molecule is COc1cccc(-n2c3ccccc3c3cnc4c5ccccc5n(-c5cccc(OC)c5)c4c32)c1. The molecule has 5 heteroatoms. The van der Waals surface area contributed by atoms with Gasteiger partial charge in [0.25, 0.3) is 0 Å². The van der Waals surface area contributed by atoms with Crippen LogP contribution in [0.25, 0.3) is 55.1 Å². The number of aromatic nitrogens is 3. The Labute approximate surface area is 207 Å². The summed E-state index contributed by atoms with van der Waals surface area (Å²) in [6.45, 7) is 0. The highest BCUT2D eigenvalue weighted by atomic mass is 16.5. The van der Waals surface area contributed by atoms with E-state index in [1.807, 2.05) is 30.5 Å². The van der Waals surface area contributed by atoms with Gasteiger partial charge in [0.2, 0.25) is 0 Å². The third kappa shape index (κ3) is 2.86. The molecule has 4 aromatic carbocycles. The monoisotopic (exact) mass is 469 g/mol. The zero-order chi connectivity index (χ0) is 24.2. The summed E-state index contributed by atoms with van der Waals surface area (Å²) in [5, 5.41) is 3.37. The van der Waals surface area contributed by atoms with E-state index in [-0.39, 0.29) is 0 Å². The summed E-state index contributed by atoms with van der Waals surface area (Å²) in [5.74, 6) is 1.63. The van der Waals surface area contributed by atoms with Crippen LogP contribution in [0.3, 0.4) is 0 Å². The van der Waals surface area contributed by atoms with Gasteiger partial charge < -0.3 is 18.6 Å². The Morgan fingerprint density at radius 2 is 1.11 bits per heavy atom. The Morgan fingerprint density at radius 1 is 0.556 bits per heavy atom. The number of benzene rings is 4. The fourth-order valence-electron chi connectivity index (χ4n) is 5.37. The lowest BCUT2D eigenvalue weighted by atomic mass is 10.2. The van der Waals surface area contributed by atoms with Crippen LogP contribution in [0.1, 0.15) is 0 Å². The first kappa shape index (κ1) is 20.6. The van der Waals surface area contributed by atoms with E-state index in [1.54, 1.807) is 14.2 Å². The minimum Gasteiger partial charge on any atom is -0.497 e. The Kier molecular flexibility index (Phi) is 4.51. The predicted octanol–water partition coefficient (Wildman–Crippen LogP) is 7.29. The minimum absolute atomic E-state index is 0.812. The summed E-state index contributed by atoms with van der Waals surface area (Å²) in [7, 11) is 3.40. The third-order valence-electron chi connectivity index (χ3n) is 6.93. The Hall–Kier alpha value is -4.77. The van der Waals surface area contributed by atoms with Gasteiger partial charge in [-0.3, -0.25) is 4.98 Å².